The summed E-state index contributed by atoms with van der Waals surface area (Å²) in [6.45, 7) is 8.34. The Kier molecular flexibility index (Phi) is 4.38. The minimum Gasteiger partial charge on any atom is -0.351 e. The molecule has 0 atom stereocenters. The van der Waals surface area contributed by atoms with Gasteiger partial charge in [-0.15, -0.1) is 0 Å². The molecule has 0 saturated heterocycles. The maximum atomic E-state index is 13.5. The van der Waals surface area contributed by atoms with Gasteiger partial charge in [0.25, 0.3) is 0 Å². The molecule has 0 amide bonds. The van der Waals surface area contributed by atoms with Crippen LogP contribution in [0.2, 0.25) is 0 Å². The monoisotopic (exact) mass is 260 g/mol. The molecule has 2 rings (SSSR count). The highest BCUT2D eigenvalue weighted by Crippen LogP contribution is 2.14. The summed E-state index contributed by atoms with van der Waals surface area (Å²) in [7, 11) is 0. The van der Waals surface area contributed by atoms with Gasteiger partial charge in [0.2, 0.25) is 0 Å². The number of hydrogen-bond donors (Lipinski definition) is 1. The minimum absolute atomic E-state index is 0.0939. The van der Waals surface area contributed by atoms with Crippen molar-refractivity contribution in [3.05, 3.63) is 58.7 Å². The van der Waals surface area contributed by atoms with Crippen LogP contribution in [0.3, 0.4) is 0 Å². The minimum atomic E-state index is -0.0939. The van der Waals surface area contributed by atoms with Crippen LogP contribution in [0.5, 0.6) is 0 Å². The molecule has 1 aromatic carbocycles. The highest BCUT2D eigenvalue weighted by molar-refractivity contribution is 5.30. The number of aromatic nitrogens is 1. The van der Waals surface area contributed by atoms with Crippen molar-refractivity contribution in [2.45, 2.75) is 40.4 Å². The van der Waals surface area contributed by atoms with E-state index < -0.39 is 0 Å². The van der Waals surface area contributed by atoms with Crippen molar-refractivity contribution in [2.24, 2.45) is 0 Å². The molecule has 0 bridgehead atoms. The highest BCUT2D eigenvalue weighted by Gasteiger charge is 2.04. The lowest BCUT2D eigenvalue weighted by Gasteiger charge is -2.10. The number of benzene rings is 1. The summed E-state index contributed by atoms with van der Waals surface area (Å²) in [6, 6.07) is 8.01. The van der Waals surface area contributed by atoms with Crippen molar-refractivity contribution in [1.82, 2.24) is 9.88 Å². The molecule has 0 aliphatic rings. The first kappa shape index (κ1) is 13.8. The molecule has 0 unspecified atom stereocenters. The van der Waals surface area contributed by atoms with Crippen LogP contribution in [-0.4, -0.2) is 4.57 Å². The van der Waals surface area contributed by atoms with Crippen LogP contribution < -0.4 is 5.32 Å². The summed E-state index contributed by atoms with van der Waals surface area (Å²) in [5.74, 6) is -0.0939. The third-order valence-corrected chi connectivity index (χ3v) is 3.40. The molecule has 1 aromatic heterocycles. The maximum Gasteiger partial charge on any atom is 0.129 e. The second-order valence-electron chi connectivity index (χ2n) is 4.93. The Bertz CT molecular complexity index is 535. The van der Waals surface area contributed by atoms with Crippen LogP contribution >= 0.6 is 0 Å². The van der Waals surface area contributed by atoms with Gasteiger partial charge in [-0.2, -0.15) is 0 Å². The predicted molar refractivity (Wildman–Crippen MR) is 76.5 cm³/mol. The zero-order valence-corrected chi connectivity index (χ0v) is 11.8. The Hall–Kier alpha value is -1.61. The van der Waals surface area contributed by atoms with Gasteiger partial charge in [0.05, 0.1) is 0 Å². The molecule has 1 N–H and O–H groups in total. The van der Waals surface area contributed by atoms with Gasteiger partial charge >= 0.3 is 0 Å². The van der Waals surface area contributed by atoms with Crippen LogP contribution in [0.4, 0.5) is 4.39 Å². The average molecular weight is 260 g/mol. The van der Waals surface area contributed by atoms with E-state index in [2.05, 4.69) is 35.1 Å². The summed E-state index contributed by atoms with van der Waals surface area (Å²) >= 11 is 0. The highest BCUT2D eigenvalue weighted by atomic mass is 19.1. The van der Waals surface area contributed by atoms with Crippen molar-refractivity contribution < 1.29 is 4.39 Å². The molecule has 3 heteroatoms. The first-order valence-corrected chi connectivity index (χ1v) is 6.72. The third-order valence-electron chi connectivity index (χ3n) is 3.40. The number of rotatable bonds is 5. The van der Waals surface area contributed by atoms with E-state index in [1.807, 2.05) is 26.0 Å². The lowest BCUT2D eigenvalue weighted by Crippen LogP contribution is -2.15. The number of aryl methyl sites for hydroxylation is 3. The molecule has 2 nitrogen and oxygen atoms in total. The molecule has 102 valence electrons. The van der Waals surface area contributed by atoms with Crippen molar-refractivity contribution >= 4 is 0 Å². The summed E-state index contributed by atoms with van der Waals surface area (Å²) in [4.78, 5) is 0. The van der Waals surface area contributed by atoms with Gasteiger partial charge in [0.1, 0.15) is 5.82 Å². The lowest BCUT2D eigenvalue weighted by molar-refractivity contribution is 0.603. The average Bonchev–Trinajstić information content (AvgIpc) is 2.83. The van der Waals surface area contributed by atoms with E-state index in [-0.39, 0.29) is 5.82 Å². The van der Waals surface area contributed by atoms with Gasteiger partial charge in [0, 0.05) is 31.5 Å². The van der Waals surface area contributed by atoms with Gasteiger partial charge < -0.3 is 9.88 Å². The number of halogens is 1. The van der Waals surface area contributed by atoms with E-state index in [0.29, 0.717) is 11.1 Å². The van der Waals surface area contributed by atoms with E-state index in [4.69, 9.17) is 0 Å². The van der Waals surface area contributed by atoms with Crippen LogP contribution in [0, 0.1) is 19.7 Å². The van der Waals surface area contributed by atoms with E-state index in [0.717, 1.165) is 25.2 Å². The van der Waals surface area contributed by atoms with Crippen LogP contribution in [-0.2, 0) is 19.6 Å². The van der Waals surface area contributed by atoms with Gasteiger partial charge in [-0.1, -0.05) is 12.1 Å². The number of hydrogen-bond acceptors (Lipinski definition) is 1. The standard InChI is InChI=1S/C16H21FN2/c1-4-19-7-5-6-15(19)11-18-10-14-8-12(2)16(17)13(3)9-14/h5-9,18H,4,10-11H2,1-3H3. The molecular weight excluding hydrogens is 239 g/mol. The van der Waals surface area contributed by atoms with E-state index in [1.54, 1.807) is 0 Å². The Balaban J connectivity index is 1.96. The molecule has 2 aromatic rings. The Labute approximate surface area is 114 Å². The zero-order valence-electron chi connectivity index (χ0n) is 11.8. The third kappa shape index (κ3) is 3.24. The molecule has 0 spiro atoms. The fourth-order valence-corrected chi connectivity index (χ4v) is 2.39. The van der Waals surface area contributed by atoms with E-state index in [9.17, 15) is 4.39 Å². The molecular formula is C16H21FN2. The first-order chi connectivity index (χ1) is 9.11. The Morgan fingerprint density at radius 3 is 2.47 bits per heavy atom. The summed E-state index contributed by atoms with van der Waals surface area (Å²) in [5.41, 5.74) is 3.84. The van der Waals surface area contributed by atoms with Crippen LogP contribution in [0.1, 0.15) is 29.3 Å². The van der Waals surface area contributed by atoms with Crippen molar-refractivity contribution in [2.75, 3.05) is 0 Å². The molecule has 19 heavy (non-hydrogen) atoms. The summed E-state index contributed by atoms with van der Waals surface area (Å²) < 4.78 is 15.7. The summed E-state index contributed by atoms with van der Waals surface area (Å²) in [6.07, 6.45) is 2.09. The Morgan fingerprint density at radius 1 is 1.16 bits per heavy atom. The van der Waals surface area contributed by atoms with Gasteiger partial charge in [-0.05, 0) is 49.6 Å². The van der Waals surface area contributed by atoms with Crippen molar-refractivity contribution in [3.63, 3.8) is 0 Å². The Morgan fingerprint density at radius 2 is 1.84 bits per heavy atom. The molecule has 0 radical (unpaired) electrons. The first-order valence-electron chi connectivity index (χ1n) is 6.72. The second kappa shape index (κ2) is 6.02. The summed E-state index contributed by atoms with van der Waals surface area (Å²) in [5, 5.41) is 3.41. The van der Waals surface area contributed by atoms with Crippen molar-refractivity contribution in [1.29, 1.82) is 0 Å². The molecule has 0 fully saturated rings. The normalized spacial score (nSPS) is 10.9. The van der Waals surface area contributed by atoms with Crippen LogP contribution in [0.25, 0.3) is 0 Å². The van der Waals surface area contributed by atoms with Crippen molar-refractivity contribution in [3.8, 4) is 0 Å². The maximum absolute atomic E-state index is 13.5. The topological polar surface area (TPSA) is 17.0 Å². The predicted octanol–water partition coefficient (Wildman–Crippen LogP) is 3.55. The van der Waals surface area contributed by atoms with E-state index >= 15 is 0 Å². The van der Waals surface area contributed by atoms with Crippen LogP contribution in [0.15, 0.2) is 30.5 Å². The second-order valence-corrected chi connectivity index (χ2v) is 4.93. The number of nitrogens with one attached hydrogen (secondary N) is 1. The smallest absolute Gasteiger partial charge is 0.129 e. The SMILES string of the molecule is CCn1cccc1CNCc1cc(C)c(F)c(C)c1. The largest absolute Gasteiger partial charge is 0.351 e. The molecule has 0 saturated carbocycles. The number of nitrogens with zero attached hydrogens (tertiary/aromatic N) is 1. The zero-order chi connectivity index (χ0) is 13.8. The van der Waals surface area contributed by atoms with Gasteiger partial charge in [-0.25, -0.2) is 4.39 Å². The van der Waals surface area contributed by atoms with Gasteiger partial charge in [-0.3, -0.25) is 0 Å². The quantitative estimate of drug-likeness (QED) is 0.870. The molecule has 0 aliphatic carbocycles. The fourth-order valence-electron chi connectivity index (χ4n) is 2.39. The van der Waals surface area contributed by atoms with E-state index in [1.165, 1.54) is 5.69 Å². The van der Waals surface area contributed by atoms with Gasteiger partial charge in [0.15, 0.2) is 0 Å². The molecule has 0 aliphatic heterocycles. The fraction of sp³-hybridized carbons (Fsp3) is 0.375. The lowest BCUT2D eigenvalue weighted by atomic mass is 10.1. The molecule has 1 heterocycles.